The largest absolute Gasteiger partial charge is 0.402 e. The van der Waals surface area contributed by atoms with Gasteiger partial charge in [-0.25, -0.2) is 9.18 Å². The first-order valence-electron chi connectivity index (χ1n) is 7.42. The summed E-state index contributed by atoms with van der Waals surface area (Å²) in [5, 5.41) is 7.95. The first-order valence-corrected chi connectivity index (χ1v) is 7.42. The number of hydrogen-bond acceptors (Lipinski definition) is 4. The van der Waals surface area contributed by atoms with Crippen LogP contribution in [0.5, 0.6) is 5.88 Å². The predicted octanol–water partition coefficient (Wildman–Crippen LogP) is 4.12. The molecule has 5 heteroatoms. The number of rotatable bonds is 3. The summed E-state index contributed by atoms with van der Waals surface area (Å²) in [5.41, 5.74) is 3.81. The Bertz CT molecular complexity index is 892. The highest BCUT2D eigenvalue weighted by atomic mass is 19.1. The van der Waals surface area contributed by atoms with E-state index in [0.717, 1.165) is 11.1 Å². The molecule has 0 unspecified atom stereocenters. The maximum Gasteiger partial charge on any atom is 0.347 e. The minimum atomic E-state index is -0.804. The minimum Gasteiger partial charge on any atom is -0.402 e. The van der Waals surface area contributed by atoms with Gasteiger partial charge in [-0.2, -0.15) is 0 Å². The first kappa shape index (κ1) is 15.8. The average Bonchev–Trinajstić information content (AvgIpc) is 2.58. The third-order valence-electron chi connectivity index (χ3n) is 3.73. The lowest BCUT2D eigenvalue weighted by Crippen LogP contribution is -2.11. The molecule has 0 radical (unpaired) electrons. The SMILES string of the molecule is Cc1ccc(-c2ccc(OC(=O)c3ccccc3F)nn2)cc1C. The average molecular weight is 322 g/mol. The predicted molar refractivity (Wildman–Crippen MR) is 88.3 cm³/mol. The molecule has 0 aliphatic heterocycles. The van der Waals surface area contributed by atoms with Crippen LogP contribution in [-0.4, -0.2) is 16.2 Å². The highest BCUT2D eigenvalue weighted by molar-refractivity contribution is 5.91. The molecular weight excluding hydrogens is 307 g/mol. The molecule has 0 saturated carbocycles. The Labute approximate surface area is 138 Å². The second-order valence-electron chi connectivity index (χ2n) is 5.43. The molecule has 0 fully saturated rings. The second kappa shape index (κ2) is 6.58. The van der Waals surface area contributed by atoms with Gasteiger partial charge < -0.3 is 4.74 Å². The fraction of sp³-hybridized carbons (Fsp3) is 0.105. The zero-order chi connectivity index (χ0) is 17.1. The van der Waals surface area contributed by atoms with Crippen molar-refractivity contribution in [1.29, 1.82) is 0 Å². The topological polar surface area (TPSA) is 52.1 Å². The summed E-state index contributed by atoms with van der Waals surface area (Å²) in [6.45, 7) is 4.06. The number of carbonyl (C=O) groups excluding carboxylic acids is 1. The van der Waals surface area contributed by atoms with Gasteiger partial charge in [-0.05, 0) is 49.2 Å². The Kier molecular flexibility index (Phi) is 4.33. The summed E-state index contributed by atoms with van der Waals surface area (Å²) in [4.78, 5) is 11.9. The number of benzene rings is 2. The van der Waals surface area contributed by atoms with Crippen molar-refractivity contribution in [2.24, 2.45) is 0 Å². The van der Waals surface area contributed by atoms with E-state index in [0.29, 0.717) is 5.69 Å². The van der Waals surface area contributed by atoms with Crippen molar-refractivity contribution >= 4 is 5.97 Å². The van der Waals surface area contributed by atoms with Crippen LogP contribution in [0.2, 0.25) is 0 Å². The maximum atomic E-state index is 13.6. The second-order valence-corrected chi connectivity index (χ2v) is 5.43. The van der Waals surface area contributed by atoms with E-state index in [2.05, 4.69) is 10.2 Å². The number of halogens is 1. The number of aromatic nitrogens is 2. The van der Waals surface area contributed by atoms with Crippen molar-refractivity contribution < 1.29 is 13.9 Å². The molecule has 3 rings (SSSR count). The fourth-order valence-corrected chi connectivity index (χ4v) is 2.21. The monoisotopic (exact) mass is 322 g/mol. The van der Waals surface area contributed by atoms with Crippen molar-refractivity contribution in [3.8, 4) is 17.1 Å². The lowest BCUT2D eigenvalue weighted by atomic mass is 10.0. The van der Waals surface area contributed by atoms with Gasteiger partial charge in [-0.1, -0.05) is 24.3 Å². The summed E-state index contributed by atoms with van der Waals surface area (Å²) >= 11 is 0. The van der Waals surface area contributed by atoms with E-state index in [1.54, 1.807) is 12.1 Å². The van der Waals surface area contributed by atoms with E-state index in [1.165, 1.54) is 29.8 Å². The van der Waals surface area contributed by atoms with Crippen LogP contribution in [0.1, 0.15) is 21.5 Å². The van der Waals surface area contributed by atoms with E-state index in [9.17, 15) is 9.18 Å². The van der Waals surface area contributed by atoms with Crippen molar-refractivity contribution in [3.05, 3.63) is 77.1 Å². The summed E-state index contributed by atoms with van der Waals surface area (Å²) in [6.07, 6.45) is 0. The molecule has 120 valence electrons. The lowest BCUT2D eigenvalue weighted by molar-refractivity contribution is 0.0721. The van der Waals surface area contributed by atoms with Gasteiger partial charge in [-0.3, -0.25) is 0 Å². The van der Waals surface area contributed by atoms with Gasteiger partial charge in [0.15, 0.2) is 0 Å². The van der Waals surface area contributed by atoms with Gasteiger partial charge in [0, 0.05) is 11.6 Å². The Morgan fingerprint density at radius 2 is 1.75 bits per heavy atom. The quantitative estimate of drug-likeness (QED) is 0.681. The van der Waals surface area contributed by atoms with Gasteiger partial charge in [0.2, 0.25) is 5.88 Å². The molecule has 4 nitrogen and oxygen atoms in total. The number of hydrogen-bond donors (Lipinski definition) is 0. The summed E-state index contributed by atoms with van der Waals surface area (Å²) < 4.78 is 18.6. The van der Waals surface area contributed by atoms with Crippen LogP contribution in [0, 0.1) is 19.7 Å². The van der Waals surface area contributed by atoms with E-state index < -0.39 is 11.8 Å². The van der Waals surface area contributed by atoms with Crippen LogP contribution in [-0.2, 0) is 0 Å². The van der Waals surface area contributed by atoms with Gasteiger partial charge in [0.05, 0.1) is 11.3 Å². The smallest absolute Gasteiger partial charge is 0.347 e. The molecular formula is C19H15FN2O2. The van der Waals surface area contributed by atoms with E-state index in [-0.39, 0.29) is 11.4 Å². The van der Waals surface area contributed by atoms with E-state index in [1.807, 2.05) is 32.0 Å². The molecule has 1 aromatic heterocycles. The zero-order valence-electron chi connectivity index (χ0n) is 13.3. The maximum absolute atomic E-state index is 13.6. The normalized spacial score (nSPS) is 10.5. The Morgan fingerprint density at radius 3 is 2.42 bits per heavy atom. The number of aryl methyl sites for hydroxylation is 2. The molecule has 0 aliphatic carbocycles. The van der Waals surface area contributed by atoms with Gasteiger partial charge in [-0.15, -0.1) is 10.2 Å². The number of esters is 1. The molecule has 0 atom stereocenters. The van der Waals surface area contributed by atoms with Gasteiger partial charge in [0.1, 0.15) is 5.82 Å². The van der Waals surface area contributed by atoms with Crippen LogP contribution in [0.25, 0.3) is 11.3 Å². The Balaban J connectivity index is 1.78. The summed E-state index contributed by atoms with van der Waals surface area (Å²) in [6, 6.07) is 14.9. The molecule has 2 aromatic carbocycles. The molecule has 0 N–H and O–H groups in total. The summed E-state index contributed by atoms with van der Waals surface area (Å²) in [5.74, 6) is -1.42. The third-order valence-corrected chi connectivity index (χ3v) is 3.73. The number of carbonyl (C=O) groups is 1. The van der Waals surface area contributed by atoms with Crippen molar-refractivity contribution in [3.63, 3.8) is 0 Å². The van der Waals surface area contributed by atoms with Crippen LogP contribution >= 0.6 is 0 Å². The first-order chi connectivity index (χ1) is 11.5. The molecule has 0 saturated heterocycles. The van der Waals surface area contributed by atoms with E-state index >= 15 is 0 Å². The Morgan fingerprint density at radius 1 is 0.958 bits per heavy atom. The fourth-order valence-electron chi connectivity index (χ4n) is 2.21. The molecule has 0 aliphatic rings. The third kappa shape index (κ3) is 3.30. The minimum absolute atomic E-state index is 0.0239. The lowest BCUT2D eigenvalue weighted by Gasteiger charge is -2.06. The molecule has 1 heterocycles. The highest BCUT2D eigenvalue weighted by Gasteiger charge is 2.14. The number of ether oxygens (including phenoxy) is 1. The summed E-state index contributed by atoms with van der Waals surface area (Å²) in [7, 11) is 0. The van der Waals surface area contributed by atoms with Crippen molar-refractivity contribution in [2.75, 3.05) is 0 Å². The molecule has 0 amide bonds. The van der Waals surface area contributed by atoms with Crippen LogP contribution in [0.3, 0.4) is 0 Å². The van der Waals surface area contributed by atoms with Crippen LogP contribution < -0.4 is 4.74 Å². The van der Waals surface area contributed by atoms with Crippen LogP contribution in [0.15, 0.2) is 54.6 Å². The molecule has 0 bridgehead atoms. The molecule has 3 aromatic rings. The van der Waals surface area contributed by atoms with Gasteiger partial charge >= 0.3 is 5.97 Å². The van der Waals surface area contributed by atoms with E-state index in [4.69, 9.17) is 4.74 Å². The Hall–Kier alpha value is -3.08. The van der Waals surface area contributed by atoms with Crippen LogP contribution in [0.4, 0.5) is 4.39 Å². The molecule has 0 spiro atoms. The highest BCUT2D eigenvalue weighted by Crippen LogP contribution is 2.21. The molecule has 24 heavy (non-hydrogen) atoms. The zero-order valence-corrected chi connectivity index (χ0v) is 13.3. The van der Waals surface area contributed by atoms with Crippen molar-refractivity contribution in [1.82, 2.24) is 10.2 Å². The van der Waals surface area contributed by atoms with Crippen molar-refractivity contribution in [2.45, 2.75) is 13.8 Å². The number of nitrogens with zero attached hydrogens (tertiary/aromatic N) is 2. The van der Waals surface area contributed by atoms with Gasteiger partial charge in [0.25, 0.3) is 0 Å². The standard InChI is InChI=1S/C19H15FN2O2/c1-12-7-8-14(11-13(12)2)17-9-10-18(22-21-17)24-19(23)15-5-3-4-6-16(15)20/h3-11H,1-2H3.